The molecule has 3 rings (SSSR count). The van der Waals surface area contributed by atoms with Crippen LogP contribution in [0.4, 0.5) is 15.8 Å². The summed E-state index contributed by atoms with van der Waals surface area (Å²) in [6.45, 7) is 1.94. The number of carbonyl (C=O) groups is 2. The summed E-state index contributed by atoms with van der Waals surface area (Å²) in [7, 11) is 0. The molecule has 7 heteroatoms. The molecule has 0 radical (unpaired) electrons. The van der Waals surface area contributed by atoms with Gasteiger partial charge in [0, 0.05) is 5.69 Å². The predicted molar refractivity (Wildman–Crippen MR) is 105 cm³/mol. The molecule has 3 N–H and O–H groups in total. The van der Waals surface area contributed by atoms with Gasteiger partial charge < -0.3 is 15.1 Å². The van der Waals surface area contributed by atoms with Crippen LogP contribution >= 0.6 is 0 Å². The van der Waals surface area contributed by atoms with E-state index in [2.05, 4.69) is 16.0 Å². The van der Waals surface area contributed by atoms with E-state index >= 15 is 0 Å². The van der Waals surface area contributed by atoms with Gasteiger partial charge in [-0.2, -0.15) is 0 Å². The zero-order valence-electron chi connectivity index (χ0n) is 15.2. The Labute approximate surface area is 161 Å². The highest BCUT2D eigenvalue weighted by Gasteiger charge is 2.15. The van der Waals surface area contributed by atoms with Crippen LogP contribution in [0, 0.1) is 5.82 Å². The molecule has 0 aliphatic heterocycles. The van der Waals surface area contributed by atoms with E-state index in [0.29, 0.717) is 16.9 Å². The fourth-order valence-corrected chi connectivity index (χ4v) is 2.60. The molecule has 0 fully saturated rings. The van der Waals surface area contributed by atoms with Crippen molar-refractivity contribution in [3.8, 4) is 0 Å². The smallest absolute Gasteiger partial charge is 0.257 e. The Hall–Kier alpha value is -3.45. The van der Waals surface area contributed by atoms with Gasteiger partial charge in [0.15, 0.2) is 0 Å². The first-order chi connectivity index (χ1) is 13.5. The molecule has 2 amide bonds. The number of benzene rings is 2. The van der Waals surface area contributed by atoms with E-state index in [1.54, 1.807) is 36.6 Å². The highest BCUT2D eigenvalue weighted by atomic mass is 19.1. The maximum Gasteiger partial charge on any atom is 0.257 e. The number of para-hydroxylation sites is 1. The molecule has 1 atom stereocenters. The lowest BCUT2D eigenvalue weighted by Gasteiger charge is -2.14. The summed E-state index contributed by atoms with van der Waals surface area (Å²) in [5.74, 6) is -0.353. The molecule has 2 aromatic carbocycles. The van der Waals surface area contributed by atoms with E-state index in [4.69, 9.17) is 4.42 Å². The van der Waals surface area contributed by atoms with Crippen LogP contribution in [0.2, 0.25) is 0 Å². The van der Waals surface area contributed by atoms with E-state index in [0.717, 1.165) is 5.76 Å². The first-order valence-electron chi connectivity index (χ1n) is 8.75. The second-order valence-corrected chi connectivity index (χ2v) is 6.17. The number of anilines is 2. The fourth-order valence-electron chi connectivity index (χ4n) is 2.60. The van der Waals surface area contributed by atoms with Gasteiger partial charge in [-0.3, -0.25) is 14.9 Å². The normalized spacial score (nSPS) is 11.6. The molecule has 0 saturated heterocycles. The van der Waals surface area contributed by atoms with Gasteiger partial charge in [0.1, 0.15) is 11.6 Å². The molecule has 0 aliphatic carbocycles. The summed E-state index contributed by atoms with van der Waals surface area (Å²) in [5.41, 5.74) is 1.15. The number of carbonyl (C=O) groups excluding carboxylic acids is 2. The van der Waals surface area contributed by atoms with Crippen molar-refractivity contribution in [1.82, 2.24) is 5.32 Å². The van der Waals surface area contributed by atoms with Crippen molar-refractivity contribution in [2.24, 2.45) is 0 Å². The van der Waals surface area contributed by atoms with E-state index in [-0.39, 0.29) is 24.3 Å². The summed E-state index contributed by atoms with van der Waals surface area (Å²) in [4.78, 5) is 24.8. The molecule has 3 aromatic rings. The van der Waals surface area contributed by atoms with Crippen LogP contribution in [0.15, 0.2) is 71.3 Å². The second kappa shape index (κ2) is 8.96. The van der Waals surface area contributed by atoms with Crippen molar-refractivity contribution in [3.05, 3.63) is 84.1 Å². The molecule has 1 heterocycles. The molecule has 144 valence electrons. The lowest BCUT2D eigenvalue weighted by molar-refractivity contribution is -0.115. The van der Waals surface area contributed by atoms with E-state index in [1.807, 2.05) is 13.0 Å². The maximum absolute atomic E-state index is 13.0. The third-order valence-electron chi connectivity index (χ3n) is 4.09. The molecular formula is C21H20FN3O3. The second-order valence-electron chi connectivity index (χ2n) is 6.17. The Kier molecular flexibility index (Phi) is 6.18. The summed E-state index contributed by atoms with van der Waals surface area (Å²) in [6, 6.07) is 15.6. The number of hydrogen-bond acceptors (Lipinski definition) is 4. The maximum atomic E-state index is 13.0. The molecule has 0 spiro atoms. The number of rotatable bonds is 7. The summed E-state index contributed by atoms with van der Waals surface area (Å²) < 4.78 is 18.3. The predicted octanol–water partition coefficient (Wildman–Crippen LogP) is 3.96. The summed E-state index contributed by atoms with van der Waals surface area (Å²) in [5, 5.41) is 8.47. The third-order valence-corrected chi connectivity index (χ3v) is 4.09. The van der Waals surface area contributed by atoms with Gasteiger partial charge in [-0.15, -0.1) is 0 Å². The van der Waals surface area contributed by atoms with Gasteiger partial charge in [-0.05, 0) is 55.5 Å². The van der Waals surface area contributed by atoms with Crippen LogP contribution in [0.1, 0.15) is 29.1 Å². The van der Waals surface area contributed by atoms with Crippen molar-refractivity contribution in [3.63, 3.8) is 0 Å². The zero-order valence-corrected chi connectivity index (χ0v) is 15.2. The largest absolute Gasteiger partial charge is 0.468 e. The molecule has 1 aromatic heterocycles. The molecule has 0 aliphatic rings. The highest BCUT2D eigenvalue weighted by Crippen LogP contribution is 2.18. The van der Waals surface area contributed by atoms with Gasteiger partial charge in [0.05, 0.1) is 30.1 Å². The lowest BCUT2D eigenvalue weighted by Crippen LogP contribution is -2.30. The van der Waals surface area contributed by atoms with Crippen LogP contribution in [0.5, 0.6) is 0 Å². The van der Waals surface area contributed by atoms with Crippen molar-refractivity contribution in [2.75, 3.05) is 17.2 Å². The number of hydrogen-bond donors (Lipinski definition) is 3. The van der Waals surface area contributed by atoms with E-state index in [9.17, 15) is 14.0 Å². The molecular weight excluding hydrogens is 361 g/mol. The van der Waals surface area contributed by atoms with Crippen LogP contribution in [0.25, 0.3) is 0 Å². The quantitative estimate of drug-likeness (QED) is 0.578. The SMILES string of the molecule is C[C@H](NCC(=O)Nc1ccccc1C(=O)Nc1ccc(F)cc1)c1ccco1. The van der Waals surface area contributed by atoms with Crippen molar-refractivity contribution < 1.29 is 18.4 Å². The molecule has 0 unspecified atom stereocenters. The van der Waals surface area contributed by atoms with Gasteiger partial charge in [0.2, 0.25) is 5.91 Å². The Morgan fingerprint density at radius 3 is 2.46 bits per heavy atom. The monoisotopic (exact) mass is 381 g/mol. The van der Waals surface area contributed by atoms with Gasteiger partial charge >= 0.3 is 0 Å². The Balaban J connectivity index is 1.62. The average molecular weight is 381 g/mol. The van der Waals surface area contributed by atoms with Crippen molar-refractivity contribution >= 4 is 23.2 Å². The van der Waals surface area contributed by atoms with Crippen LogP contribution in [-0.2, 0) is 4.79 Å². The first-order valence-corrected chi connectivity index (χ1v) is 8.75. The van der Waals surface area contributed by atoms with E-state index < -0.39 is 5.91 Å². The lowest BCUT2D eigenvalue weighted by atomic mass is 10.1. The number of furan rings is 1. The first kappa shape index (κ1) is 19.3. The van der Waals surface area contributed by atoms with Gasteiger partial charge in [0.25, 0.3) is 5.91 Å². The van der Waals surface area contributed by atoms with Crippen LogP contribution in [-0.4, -0.2) is 18.4 Å². The Morgan fingerprint density at radius 1 is 1.00 bits per heavy atom. The van der Waals surface area contributed by atoms with Crippen molar-refractivity contribution in [1.29, 1.82) is 0 Å². The standard InChI is InChI=1S/C21H20FN3O3/c1-14(19-7-4-12-28-19)23-13-20(26)25-18-6-3-2-5-17(18)21(27)24-16-10-8-15(22)9-11-16/h2-12,14,23H,13H2,1H3,(H,24,27)(H,25,26)/t14-/m0/s1. The molecule has 28 heavy (non-hydrogen) atoms. The van der Waals surface area contributed by atoms with Gasteiger partial charge in [-0.1, -0.05) is 12.1 Å². The van der Waals surface area contributed by atoms with Gasteiger partial charge in [-0.25, -0.2) is 4.39 Å². The number of amides is 2. The third kappa shape index (κ3) is 5.05. The van der Waals surface area contributed by atoms with Crippen molar-refractivity contribution in [2.45, 2.75) is 13.0 Å². The Bertz CT molecular complexity index is 940. The number of halogens is 1. The van der Waals surface area contributed by atoms with E-state index in [1.165, 1.54) is 24.3 Å². The molecule has 0 saturated carbocycles. The molecule has 0 bridgehead atoms. The summed E-state index contributed by atoms with van der Waals surface area (Å²) >= 11 is 0. The number of nitrogens with one attached hydrogen (secondary N) is 3. The minimum absolute atomic E-state index is 0.0514. The van der Waals surface area contributed by atoms with Crippen LogP contribution < -0.4 is 16.0 Å². The fraction of sp³-hybridized carbons (Fsp3) is 0.143. The Morgan fingerprint density at radius 2 is 1.75 bits per heavy atom. The average Bonchev–Trinajstić information content (AvgIpc) is 3.23. The summed E-state index contributed by atoms with van der Waals surface area (Å²) in [6.07, 6.45) is 1.57. The highest BCUT2D eigenvalue weighted by molar-refractivity contribution is 6.10. The topological polar surface area (TPSA) is 83.4 Å². The zero-order chi connectivity index (χ0) is 19.9. The molecule has 6 nitrogen and oxygen atoms in total. The minimum Gasteiger partial charge on any atom is -0.468 e. The minimum atomic E-state index is -0.403. The van der Waals surface area contributed by atoms with Crippen LogP contribution in [0.3, 0.4) is 0 Å².